The van der Waals surface area contributed by atoms with Crippen LogP contribution < -0.4 is 9.64 Å². The second kappa shape index (κ2) is 10.8. The average molecular weight is 484 g/mol. The third-order valence-corrected chi connectivity index (χ3v) is 7.43. The maximum atomic E-state index is 13.3. The summed E-state index contributed by atoms with van der Waals surface area (Å²) in [5.41, 5.74) is 1.47. The van der Waals surface area contributed by atoms with Gasteiger partial charge in [-0.3, -0.25) is 14.7 Å². The summed E-state index contributed by atoms with van der Waals surface area (Å²) in [5, 5.41) is 1.19. The van der Waals surface area contributed by atoms with Crippen molar-refractivity contribution in [1.82, 2.24) is 9.97 Å². The van der Waals surface area contributed by atoms with Gasteiger partial charge in [-0.1, -0.05) is 47.2 Å². The van der Waals surface area contributed by atoms with Crippen LogP contribution in [0.1, 0.15) is 18.5 Å². The highest BCUT2D eigenvalue weighted by Gasteiger charge is 2.22. The molecule has 0 unspecified atom stereocenters. The number of fused-ring (bicyclic) bond motifs is 1. The molecule has 0 aliphatic rings. The Labute approximate surface area is 200 Å². The Morgan fingerprint density at radius 2 is 1.94 bits per heavy atom. The average Bonchev–Trinajstić information content (AvgIpc) is 3.28. The van der Waals surface area contributed by atoms with E-state index in [1.165, 1.54) is 16.2 Å². The topological polar surface area (TPSA) is 55.3 Å². The molecule has 2 heterocycles. The molecule has 2 aromatic heterocycles. The number of hydrogen-bond acceptors (Lipinski definition) is 6. The number of hydrogen-bond donors (Lipinski definition) is 0. The van der Waals surface area contributed by atoms with Gasteiger partial charge in [-0.25, -0.2) is 4.98 Å². The van der Waals surface area contributed by atoms with Crippen molar-refractivity contribution in [2.24, 2.45) is 0 Å². The number of ether oxygens (including phenoxy) is 1. The molecule has 0 aliphatic carbocycles. The monoisotopic (exact) mass is 483 g/mol. The van der Waals surface area contributed by atoms with Gasteiger partial charge in [-0.05, 0) is 48.6 Å². The van der Waals surface area contributed by atoms with E-state index in [9.17, 15) is 4.79 Å². The number of benzene rings is 2. The predicted octanol–water partition coefficient (Wildman–Crippen LogP) is 6.46. The minimum atomic E-state index is 0.0125. The number of carbonyl (C=O) groups is 1. The molecule has 0 spiro atoms. The summed E-state index contributed by atoms with van der Waals surface area (Å²) in [4.78, 5) is 25.3. The highest BCUT2D eigenvalue weighted by molar-refractivity contribution is 7.99. The van der Waals surface area contributed by atoms with E-state index in [-0.39, 0.29) is 5.91 Å². The maximum absolute atomic E-state index is 13.3. The number of carbonyl (C=O) groups excluding carboxylic acids is 1. The molecule has 8 heteroatoms. The molecule has 5 nitrogen and oxygen atoms in total. The lowest BCUT2D eigenvalue weighted by Crippen LogP contribution is -2.30. The first-order chi connectivity index (χ1) is 15.7. The van der Waals surface area contributed by atoms with E-state index in [0.717, 1.165) is 22.6 Å². The van der Waals surface area contributed by atoms with Gasteiger partial charge >= 0.3 is 0 Å². The zero-order chi connectivity index (χ0) is 22.3. The van der Waals surface area contributed by atoms with E-state index in [1.54, 1.807) is 42.1 Å². The summed E-state index contributed by atoms with van der Waals surface area (Å²) in [6, 6.07) is 19.5. The molecule has 0 aliphatic heterocycles. The van der Waals surface area contributed by atoms with Gasteiger partial charge in [0.1, 0.15) is 11.3 Å². The third kappa shape index (κ3) is 5.41. The standard InChI is InChI=1S/C24H22ClN3O2S2/c1-30-20-13-12-19(25)23-22(20)27-24(32-23)28(16-17-8-5-6-14-26-17)21(29)11-7-15-31-18-9-3-2-4-10-18/h2-6,8-10,12-14H,7,11,15-16H2,1H3. The Kier molecular flexibility index (Phi) is 7.63. The highest BCUT2D eigenvalue weighted by Crippen LogP contribution is 2.39. The second-order valence-corrected chi connectivity index (χ2v) is 9.54. The van der Waals surface area contributed by atoms with Crippen LogP contribution in [0, 0.1) is 0 Å². The van der Waals surface area contributed by atoms with Crippen LogP contribution in [0.3, 0.4) is 0 Å². The van der Waals surface area contributed by atoms with Crippen molar-refractivity contribution in [2.75, 3.05) is 17.8 Å². The number of thiazole rings is 1. The molecule has 2 aromatic carbocycles. The van der Waals surface area contributed by atoms with Gasteiger partial charge in [0, 0.05) is 17.5 Å². The fourth-order valence-corrected chi connectivity index (χ4v) is 5.35. The highest BCUT2D eigenvalue weighted by atomic mass is 35.5. The minimum absolute atomic E-state index is 0.0125. The number of rotatable bonds is 9. The Balaban J connectivity index is 1.54. The van der Waals surface area contributed by atoms with Gasteiger partial charge in [0.2, 0.25) is 5.91 Å². The zero-order valence-corrected chi connectivity index (χ0v) is 19.9. The number of nitrogens with zero attached hydrogens (tertiary/aromatic N) is 3. The first-order valence-electron chi connectivity index (χ1n) is 10.2. The summed E-state index contributed by atoms with van der Waals surface area (Å²) in [6.45, 7) is 0.352. The van der Waals surface area contributed by atoms with Crippen molar-refractivity contribution in [3.05, 3.63) is 77.6 Å². The van der Waals surface area contributed by atoms with Crippen LogP contribution >= 0.6 is 34.7 Å². The number of anilines is 1. The molecule has 0 bridgehead atoms. The third-order valence-electron chi connectivity index (χ3n) is 4.79. The molecular weight excluding hydrogens is 462 g/mol. The lowest BCUT2D eigenvalue weighted by atomic mass is 10.2. The molecule has 0 saturated heterocycles. The van der Waals surface area contributed by atoms with E-state index < -0.39 is 0 Å². The van der Waals surface area contributed by atoms with E-state index in [0.29, 0.717) is 34.4 Å². The maximum Gasteiger partial charge on any atom is 0.229 e. The smallest absolute Gasteiger partial charge is 0.229 e. The molecule has 0 atom stereocenters. The molecule has 1 amide bonds. The largest absolute Gasteiger partial charge is 0.494 e. The SMILES string of the molecule is COc1ccc(Cl)c2sc(N(Cc3ccccn3)C(=O)CCCSc3ccccc3)nc12. The van der Waals surface area contributed by atoms with E-state index >= 15 is 0 Å². The zero-order valence-electron chi connectivity index (χ0n) is 17.5. The number of thioether (sulfide) groups is 1. The molecule has 0 fully saturated rings. The van der Waals surface area contributed by atoms with Crippen LogP contribution in [0.15, 0.2) is 71.8 Å². The van der Waals surface area contributed by atoms with Crippen molar-refractivity contribution in [3.8, 4) is 5.75 Å². The number of amides is 1. The summed E-state index contributed by atoms with van der Waals surface area (Å²) in [5.74, 6) is 1.52. The van der Waals surface area contributed by atoms with Crippen LogP contribution in [0.4, 0.5) is 5.13 Å². The Hall–Kier alpha value is -2.61. The van der Waals surface area contributed by atoms with Crippen molar-refractivity contribution in [1.29, 1.82) is 0 Å². The predicted molar refractivity (Wildman–Crippen MR) is 133 cm³/mol. The van der Waals surface area contributed by atoms with Crippen LogP contribution in [0.25, 0.3) is 10.2 Å². The molecule has 0 saturated carbocycles. The fourth-order valence-electron chi connectivity index (χ4n) is 3.20. The Morgan fingerprint density at radius 3 is 2.69 bits per heavy atom. The second-order valence-electron chi connectivity index (χ2n) is 6.99. The quantitative estimate of drug-likeness (QED) is 0.202. The van der Waals surface area contributed by atoms with E-state index in [1.807, 2.05) is 36.4 Å². The first kappa shape index (κ1) is 22.6. The molecule has 4 rings (SSSR count). The Morgan fingerprint density at radius 1 is 1.12 bits per heavy atom. The molecule has 164 valence electrons. The van der Waals surface area contributed by atoms with Crippen LogP contribution in [0.5, 0.6) is 5.75 Å². The minimum Gasteiger partial charge on any atom is -0.494 e. The van der Waals surface area contributed by atoms with Gasteiger partial charge in [-0.2, -0.15) is 0 Å². The molecule has 32 heavy (non-hydrogen) atoms. The van der Waals surface area contributed by atoms with Crippen LogP contribution in [-0.2, 0) is 11.3 Å². The van der Waals surface area contributed by atoms with E-state index in [2.05, 4.69) is 17.1 Å². The summed E-state index contributed by atoms with van der Waals surface area (Å²) in [6.07, 6.45) is 2.92. The van der Waals surface area contributed by atoms with Gasteiger partial charge in [0.25, 0.3) is 0 Å². The lowest BCUT2D eigenvalue weighted by Gasteiger charge is -2.19. The van der Waals surface area contributed by atoms with E-state index in [4.69, 9.17) is 21.3 Å². The summed E-state index contributed by atoms with van der Waals surface area (Å²) >= 11 is 9.55. The molecular formula is C24H22ClN3O2S2. The first-order valence-corrected chi connectivity index (χ1v) is 12.3. The van der Waals surface area contributed by atoms with Gasteiger partial charge < -0.3 is 4.74 Å². The van der Waals surface area contributed by atoms with Gasteiger partial charge in [0.05, 0.1) is 29.1 Å². The summed E-state index contributed by atoms with van der Waals surface area (Å²) < 4.78 is 6.25. The number of pyridine rings is 1. The molecule has 0 radical (unpaired) electrons. The van der Waals surface area contributed by atoms with Crippen LogP contribution in [0.2, 0.25) is 5.02 Å². The summed E-state index contributed by atoms with van der Waals surface area (Å²) in [7, 11) is 1.60. The number of methoxy groups -OCH3 is 1. The molecule has 0 N–H and O–H groups in total. The van der Waals surface area contributed by atoms with Crippen molar-refractivity contribution in [2.45, 2.75) is 24.3 Å². The van der Waals surface area contributed by atoms with Crippen molar-refractivity contribution in [3.63, 3.8) is 0 Å². The van der Waals surface area contributed by atoms with Crippen molar-refractivity contribution >= 4 is 56.0 Å². The number of halogens is 1. The van der Waals surface area contributed by atoms with Crippen LogP contribution in [-0.4, -0.2) is 28.7 Å². The van der Waals surface area contributed by atoms with Gasteiger partial charge in [0.15, 0.2) is 5.13 Å². The van der Waals surface area contributed by atoms with Gasteiger partial charge in [-0.15, -0.1) is 11.8 Å². The Bertz CT molecular complexity index is 1190. The fraction of sp³-hybridized carbons (Fsp3) is 0.208. The lowest BCUT2D eigenvalue weighted by molar-refractivity contribution is -0.118. The molecule has 4 aromatic rings. The van der Waals surface area contributed by atoms with Crippen molar-refractivity contribution < 1.29 is 9.53 Å². The normalized spacial score (nSPS) is 10.9. The number of aromatic nitrogens is 2.